The lowest BCUT2D eigenvalue weighted by Crippen LogP contribution is -2.21. The van der Waals surface area contributed by atoms with Gasteiger partial charge < -0.3 is 5.32 Å². The van der Waals surface area contributed by atoms with Gasteiger partial charge >= 0.3 is 0 Å². The maximum atomic E-state index is 12.1. The molecule has 2 amide bonds. The van der Waals surface area contributed by atoms with Crippen molar-refractivity contribution in [2.45, 2.75) is 0 Å². The molecule has 24 heavy (non-hydrogen) atoms. The molecule has 0 saturated heterocycles. The zero-order valence-corrected chi connectivity index (χ0v) is 13.1. The van der Waals surface area contributed by atoms with Crippen LogP contribution in [0.2, 0.25) is 5.02 Å². The fourth-order valence-corrected chi connectivity index (χ4v) is 2.08. The second-order valence-corrected chi connectivity index (χ2v) is 5.28. The summed E-state index contributed by atoms with van der Waals surface area (Å²) in [6.07, 6.45) is 2.75. The van der Waals surface area contributed by atoms with Crippen molar-refractivity contribution < 1.29 is 9.59 Å². The smallest absolute Gasteiger partial charge is 0.270 e. The van der Waals surface area contributed by atoms with Crippen LogP contribution in [-0.2, 0) is 0 Å². The molecule has 0 fully saturated rings. The third-order valence-corrected chi connectivity index (χ3v) is 3.41. The van der Waals surface area contributed by atoms with Gasteiger partial charge in [-0.2, -0.15) is 0 Å². The first-order valence-corrected chi connectivity index (χ1v) is 7.32. The monoisotopic (exact) mass is 341 g/mol. The van der Waals surface area contributed by atoms with Gasteiger partial charge in [-0.25, -0.2) is 4.68 Å². The molecular formula is C16H12ClN5O2. The summed E-state index contributed by atoms with van der Waals surface area (Å²) >= 11 is 5.80. The molecule has 0 radical (unpaired) electrons. The van der Waals surface area contributed by atoms with Gasteiger partial charge in [0, 0.05) is 21.8 Å². The van der Waals surface area contributed by atoms with E-state index in [0.717, 1.165) is 0 Å². The first-order valence-electron chi connectivity index (χ1n) is 6.95. The fraction of sp³-hybridized carbons (Fsp3) is 0. The minimum absolute atomic E-state index is 0.256. The van der Waals surface area contributed by atoms with E-state index in [4.69, 9.17) is 11.6 Å². The standard InChI is InChI=1S/C16H12ClN5O2/c17-13-5-1-11(2-6-13)15(23)20-14-7-3-12(4-8-14)16(24)21-22-9-18-19-10-22/h1-10H,(H,20,23)(H,21,24). The number of nitrogens with zero attached hydrogens (tertiary/aromatic N) is 3. The highest BCUT2D eigenvalue weighted by Crippen LogP contribution is 2.14. The molecule has 2 N–H and O–H groups in total. The minimum atomic E-state index is -0.314. The van der Waals surface area contributed by atoms with Gasteiger partial charge in [-0.1, -0.05) is 11.6 Å². The highest BCUT2D eigenvalue weighted by atomic mass is 35.5. The number of amides is 2. The molecule has 0 aliphatic rings. The van der Waals surface area contributed by atoms with Crippen molar-refractivity contribution in [2.24, 2.45) is 0 Å². The fourth-order valence-electron chi connectivity index (χ4n) is 1.95. The number of hydrogen-bond acceptors (Lipinski definition) is 4. The van der Waals surface area contributed by atoms with E-state index in [1.807, 2.05) is 0 Å². The number of aromatic nitrogens is 3. The molecule has 7 nitrogen and oxygen atoms in total. The summed E-state index contributed by atoms with van der Waals surface area (Å²) < 4.78 is 1.35. The van der Waals surface area contributed by atoms with Crippen molar-refractivity contribution in [3.8, 4) is 0 Å². The minimum Gasteiger partial charge on any atom is -0.322 e. The van der Waals surface area contributed by atoms with Crippen LogP contribution in [0.3, 0.4) is 0 Å². The van der Waals surface area contributed by atoms with Crippen LogP contribution in [-0.4, -0.2) is 26.7 Å². The van der Waals surface area contributed by atoms with E-state index in [9.17, 15) is 9.59 Å². The average Bonchev–Trinajstić information content (AvgIpc) is 3.09. The summed E-state index contributed by atoms with van der Waals surface area (Å²) in [5, 5.41) is 10.5. The number of halogens is 1. The lowest BCUT2D eigenvalue weighted by atomic mass is 10.1. The Balaban J connectivity index is 1.64. The summed E-state index contributed by atoms with van der Waals surface area (Å²) in [5.74, 6) is -0.571. The summed E-state index contributed by atoms with van der Waals surface area (Å²) in [4.78, 5) is 24.1. The van der Waals surface area contributed by atoms with Crippen molar-refractivity contribution in [3.05, 3.63) is 77.3 Å². The second kappa shape index (κ2) is 6.93. The number of carbonyl (C=O) groups excluding carboxylic acids is 2. The summed E-state index contributed by atoms with van der Waals surface area (Å²) in [6, 6.07) is 13.1. The molecule has 120 valence electrons. The molecule has 3 aromatic rings. The molecule has 0 unspecified atom stereocenters. The Morgan fingerprint density at radius 1 is 0.833 bits per heavy atom. The Morgan fingerprint density at radius 2 is 1.38 bits per heavy atom. The van der Waals surface area contributed by atoms with Crippen LogP contribution in [0.15, 0.2) is 61.2 Å². The predicted octanol–water partition coefficient (Wildman–Crippen LogP) is 2.57. The molecule has 3 rings (SSSR count). The molecule has 0 aliphatic carbocycles. The van der Waals surface area contributed by atoms with E-state index >= 15 is 0 Å². The Bertz CT molecular complexity index is 845. The average molecular weight is 342 g/mol. The van der Waals surface area contributed by atoms with Gasteiger partial charge in [0.1, 0.15) is 12.7 Å². The normalized spacial score (nSPS) is 10.2. The van der Waals surface area contributed by atoms with Crippen molar-refractivity contribution >= 4 is 29.1 Å². The zero-order chi connectivity index (χ0) is 16.9. The molecule has 2 aromatic carbocycles. The third kappa shape index (κ3) is 3.76. The molecule has 0 bridgehead atoms. The van der Waals surface area contributed by atoms with Gasteiger partial charge in [-0.05, 0) is 48.5 Å². The van der Waals surface area contributed by atoms with Gasteiger partial charge in [0.15, 0.2) is 0 Å². The van der Waals surface area contributed by atoms with E-state index in [-0.39, 0.29) is 11.8 Å². The van der Waals surface area contributed by atoms with Gasteiger partial charge in [-0.15, -0.1) is 10.2 Å². The van der Waals surface area contributed by atoms with Crippen LogP contribution in [0, 0.1) is 0 Å². The molecule has 1 heterocycles. The first-order chi connectivity index (χ1) is 11.6. The highest BCUT2D eigenvalue weighted by Gasteiger charge is 2.08. The summed E-state index contributed by atoms with van der Waals surface area (Å²) in [5.41, 5.74) is 4.09. The van der Waals surface area contributed by atoms with Gasteiger partial charge in [-0.3, -0.25) is 15.0 Å². The number of nitrogens with one attached hydrogen (secondary N) is 2. The van der Waals surface area contributed by atoms with E-state index < -0.39 is 0 Å². The number of hydrogen-bond donors (Lipinski definition) is 2. The van der Waals surface area contributed by atoms with Crippen LogP contribution in [0.5, 0.6) is 0 Å². The summed E-state index contributed by atoms with van der Waals surface area (Å²) in [7, 11) is 0. The molecular weight excluding hydrogens is 330 g/mol. The second-order valence-electron chi connectivity index (χ2n) is 4.85. The Morgan fingerprint density at radius 3 is 2.00 bits per heavy atom. The Kier molecular flexibility index (Phi) is 4.53. The maximum absolute atomic E-state index is 12.1. The summed E-state index contributed by atoms with van der Waals surface area (Å²) in [6.45, 7) is 0. The Hall–Kier alpha value is -3.19. The number of benzene rings is 2. The quantitative estimate of drug-likeness (QED) is 0.763. The zero-order valence-electron chi connectivity index (χ0n) is 12.3. The SMILES string of the molecule is O=C(Nc1ccc(C(=O)Nn2cnnc2)cc1)c1ccc(Cl)cc1. The molecule has 0 aliphatic heterocycles. The molecule has 0 saturated carbocycles. The first kappa shape index (κ1) is 15.7. The van der Waals surface area contributed by atoms with E-state index in [1.54, 1.807) is 48.5 Å². The van der Waals surface area contributed by atoms with Crippen LogP contribution in [0.1, 0.15) is 20.7 Å². The van der Waals surface area contributed by atoms with Crippen molar-refractivity contribution in [2.75, 3.05) is 10.7 Å². The molecule has 0 spiro atoms. The largest absolute Gasteiger partial charge is 0.322 e. The van der Waals surface area contributed by atoms with Gasteiger partial charge in [0.25, 0.3) is 11.8 Å². The van der Waals surface area contributed by atoms with Crippen molar-refractivity contribution in [1.82, 2.24) is 14.9 Å². The van der Waals surface area contributed by atoms with Gasteiger partial charge in [0.05, 0.1) is 0 Å². The van der Waals surface area contributed by atoms with Crippen molar-refractivity contribution in [3.63, 3.8) is 0 Å². The number of anilines is 1. The van der Waals surface area contributed by atoms with Crippen LogP contribution >= 0.6 is 11.6 Å². The lowest BCUT2D eigenvalue weighted by molar-refractivity contribution is 0.100. The van der Waals surface area contributed by atoms with Crippen LogP contribution < -0.4 is 10.7 Å². The lowest BCUT2D eigenvalue weighted by Gasteiger charge is -2.07. The van der Waals surface area contributed by atoms with Crippen LogP contribution in [0.25, 0.3) is 0 Å². The molecule has 0 atom stereocenters. The number of rotatable bonds is 4. The highest BCUT2D eigenvalue weighted by molar-refractivity contribution is 6.30. The van der Waals surface area contributed by atoms with Crippen LogP contribution in [0.4, 0.5) is 5.69 Å². The van der Waals surface area contributed by atoms with E-state index in [2.05, 4.69) is 20.9 Å². The van der Waals surface area contributed by atoms with Crippen molar-refractivity contribution in [1.29, 1.82) is 0 Å². The Labute approximate surface area is 142 Å². The predicted molar refractivity (Wildman–Crippen MR) is 89.6 cm³/mol. The number of carbonyl (C=O) groups is 2. The van der Waals surface area contributed by atoms with E-state index in [1.165, 1.54) is 17.3 Å². The van der Waals surface area contributed by atoms with E-state index in [0.29, 0.717) is 21.8 Å². The topological polar surface area (TPSA) is 88.9 Å². The molecule has 8 heteroatoms. The maximum Gasteiger partial charge on any atom is 0.270 e. The molecule has 1 aromatic heterocycles. The third-order valence-electron chi connectivity index (χ3n) is 3.16. The van der Waals surface area contributed by atoms with Gasteiger partial charge in [0.2, 0.25) is 0 Å².